The molecule has 3 aromatic heterocycles. The lowest BCUT2D eigenvalue weighted by Gasteiger charge is -2.04. The van der Waals surface area contributed by atoms with Crippen molar-refractivity contribution in [2.24, 2.45) is 0 Å². The van der Waals surface area contributed by atoms with Gasteiger partial charge in [0.1, 0.15) is 17.1 Å². The summed E-state index contributed by atoms with van der Waals surface area (Å²) in [7, 11) is 1.62. The third-order valence-electron chi connectivity index (χ3n) is 4.82. The van der Waals surface area contributed by atoms with E-state index < -0.39 is 0 Å². The zero-order valence-corrected chi connectivity index (χ0v) is 17.9. The van der Waals surface area contributed by atoms with E-state index in [4.69, 9.17) is 20.9 Å². The van der Waals surface area contributed by atoms with E-state index >= 15 is 0 Å². The number of halogens is 1. The quantitative estimate of drug-likeness (QED) is 0.379. The van der Waals surface area contributed by atoms with Gasteiger partial charge in [-0.05, 0) is 29.8 Å². The molecule has 0 spiro atoms. The van der Waals surface area contributed by atoms with Crippen molar-refractivity contribution in [2.45, 2.75) is 6.54 Å². The Hall–Kier alpha value is -3.49. The van der Waals surface area contributed by atoms with Gasteiger partial charge in [0.2, 0.25) is 11.7 Å². The fraction of sp³-hybridized carbons (Fsp3) is 0.0909. The van der Waals surface area contributed by atoms with Gasteiger partial charge in [-0.25, -0.2) is 4.98 Å². The summed E-state index contributed by atoms with van der Waals surface area (Å²) in [6, 6.07) is 14.8. The van der Waals surface area contributed by atoms with Gasteiger partial charge < -0.3 is 9.26 Å². The first-order valence-electron chi connectivity index (χ1n) is 9.32. The molecule has 5 aromatic rings. The summed E-state index contributed by atoms with van der Waals surface area (Å²) in [4.78, 5) is 22.7. The highest BCUT2D eigenvalue weighted by Gasteiger charge is 2.16. The van der Waals surface area contributed by atoms with Crippen molar-refractivity contribution in [3.05, 3.63) is 81.5 Å². The van der Waals surface area contributed by atoms with Crippen molar-refractivity contribution in [3.63, 3.8) is 0 Å². The maximum absolute atomic E-state index is 13.2. The highest BCUT2D eigenvalue weighted by Crippen LogP contribution is 2.31. The molecule has 9 heteroatoms. The molecule has 0 amide bonds. The Bertz CT molecular complexity index is 1440. The molecule has 0 aliphatic rings. The van der Waals surface area contributed by atoms with Crippen LogP contribution >= 0.6 is 22.9 Å². The average Bonchev–Trinajstić information content (AvgIpc) is 3.43. The minimum atomic E-state index is -0.167. The summed E-state index contributed by atoms with van der Waals surface area (Å²) < 4.78 is 12.0. The second-order valence-corrected chi connectivity index (χ2v) is 8.05. The van der Waals surface area contributed by atoms with Gasteiger partial charge >= 0.3 is 0 Å². The van der Waals surface area contributed by atoms with Gasteiger partial charge in [-0.2, -0.15) is 4.98 Å². The Balaban J connectivity index is 1.50. The minimum Gasteiger partial charge on any atom is -0.497 e. The van der Waals surface area contributed by atoms with Crippen LogP contribution in [0.2, 0.25) is 5.02 Å². The van der Waals surface area contributed by atoms with Crippen LogP contribution in [0.4, 0.5) is 0 Å². The van der Waals surface area contributed by atoms with Crippen LogP contribution in [0.5, 0.6) is 5.75 Å². The Labute approximate surface area is 185 Å². The molecule has 154 valence electrons. The molecule has 0 unspecified atom stereocenters. The fourth-order valence-electron chi connectivity index (χ4n) is 3.27. The predicted molar refractivity (Wildman–Crippen MR) is 120 cm³/mol. The topological polar surface area (TPSA) is 83.0 Å². The van der Waals surface area contributed by atoms with E-state index in [1.165, 1.54) is 22.2 Å². The average molecular weight is 451 g/mol. The van der Waals surface area contributed by atoms with E-state index in [-0.39, 0.29) is 12.1 Å². The first-order valence-corrected chi connectivity index (χ1v) is 10.6. The van der Waals surface area contributed by atoms with Gasteiger partial charge in [0.05, 0.1) is 18.8 Å². The van der Waals surface area contributed by atoms with E-state index in [2.05, 4.69) is 15.1 Å². The van der Waals surface area contributed by atoms with Crippen LogP contribution < -0.4 is 10.3 Å². The molecule has 0 saturated heterocycles. The Morgan fingerprint density at radius 1 is 1.16 bits per heavy atom. The first-order chi connectivity index (χ1) is 15.1. The van der Waals surface area contributed by atoms with Crippen LogP contribution in [0.3, 0.4) is 0 Å². The number of benzene rings is 2. The van der Waals surface area contributed by atoms with Crippen molar-refractivity contribution in [3.8, 4) is 28.3 Å². The molecule has 5 rings (SSSR count). The van der Waals surface area contributed by atoms with Crippen LogP contribution in [0.15, 0.2) is 69.6 Å². The lowest BCUT2D eigenvalue weighted by atomic mass is 10.1. The Morgan fingerprint density at radius 3 is 2.77 bits per heavy atom. The molecule has 0 aliphatic heterocycles. The second-order valence-electron chi connectivity index (χ2n) is 6.76. The molecule has 2 aromatic carbocycles. The van der Waals surface area contributed by atoms with Gasteiger partial charge in [0.25, 0.3) is 5.56 Å². The van der Waals surface area contributed by atoms with Gasteiger partial charge in [-0.1, -0.05) is 41.0 Å². The number of methoxy groups -OCH3 is 1. The van der Waals surface area contributed by atoms with Crippen LogP contribution in [0.1, 0.15) is 5.89 Å². The lowest BCUT2D eigenvalue weighted by Crippen LogP contribution is -2.21. The number of rotatable bonds is 5. The van der Waals surface area contributed by atoms with Crippen molar-refractivity contribution >= 4 is 33.2 Å². The molecule has 0 radical (unpaired) electrons. The molecule has 0 bridgehead atoms. The maximum atomic E-state index is 13.2. The molecule has 7 nitrogen and oxygen atoms in total. The van der Waals surface area contributed by atoms with Crippen molar-refractivity contribution in [1.29, 1.82) is 0 Å². The van der Waals surface area contributed by atoms with E-state index in [0.29, 0.717) is 27.0 Å². The first kappa shape index (κ1) is 19.5. The second kappa shape index (κ2) is 7.98. The number of fused-ring (bicyclic) bond motifs is 1. The number of hydrogen-bond donors (Lipinski definition) is 0. The molecule has 0 saturated carbocycles. The number of thiophene rings is 1. The van der Waals surface area contributed by atoms with Gasteiger partial charge in [-0.3, -0.25) is 9.36 Å². The van der Waals surface area contributed by atoms with Gasteiger partial charge in [-0.15, -0.1) is 11.3 Å². The van der Waals surface area contributed by atoms with E-state index in [0.717, 1.165) is 22.4 Å². The molecule has 0 atom stereocenters. The summed E-state index contributed by atoms with van der Waals surface area (Å²) in [5, 5.41) is 7.08. The number of ether oxygens (including phenoxy) is 1. The molecule has 0 aliphatic carbocycles. The molecular formula is C22H15ClN4O3S. The van der Waals surface area contributed by atoms with E-state index in [9.17, 15) is 4.79 Å². The lowest BCUT2D eigenvalue weighted by molar-refractivity contribution is 0.369. The van der Waals surface area contributed by atoms with Gasteiger partial charge in [0, 0.05) is 21.5 Å². The van der Waals surface area contributed by atoms with Crippen molar-refractivity contribution < 1.29 is 9.26 Å². The smallest absolute Gasteiger partial charge is 0.263 e. The zero-order chi connectivity index (χ0) is 21.4. The molecular weight excluding hydrogens is 436 g/mol. The van der Waals surface area contributed by atoms with Crippen molar-refractivity contribution in [1.82, 2.24) is 19.7 Å². The number of hydrogen-bond acceptors (Lipinski definition) is 7. The Morgan fingerprint density at radius 2 is 2.00 bits per heavy atom. The summed E-state index contributed by atoms with van der Waals surface area (Å²) in [6.07, 6.45) is 1.50. The summed E-state index contributed by atoms with van der Waals surface area (Å²) >= 11 is 7.46. The monoisotopic (exact) mass is 450 g/mol. The van der Waals surface area contributed by atoms with Crippen LogP contribution in [0.25, 0.3) is 32.7 Å². The predicted octanol–water partition coefficient (Wildman–Crippen LogP) is 4.89. The van der Waals surface area contributed by atoms with Crippen LogP contribution in [-0.4, -0.2) is 26.8 Å². The van der Waals surface area contributed by atoms with E-state index in [1.807, 2.05) is 41.8 Å². The molecule has 3 heterocycles. The van der Waals surface area contributed by atoms with Crippen molar-refractivity contribution in [2.75, 3.05) is 7.11 Å². The normalized spacial score (nSPS) is 11.2. The summed E-state index contributed by atoms with van der Waals surface area (Å²) in [5.41, 5.74) is 2.33. The molecule has 0 fully saturated rings. The minimum absolute atomic E-state index is 0.118. The SMILES string of the molecule is COc1ccc(-c2csc3ncn(Cc4nc(-c5cccc(Cl)c5)no4)c(=O)c23)cc1. The molecule has 0 N–H and O–H groups in total. The summed E-state index contributed by atoms with van der Waals surface area (Å²) in [5.74, 6) is 1.47. The van der Waals surface area contributed by atoms with Crippen LogP contribution in [0, 0.1) is 0 Å². The number of aromatic nitrogens is 4. The van der Waals surface area contributed by atoms with E-state index in [1.54, 1.807) is 19.2 Å². The Kier molecular flexibility index (Phi) is 5.01. The standard InChI is InChI=1S/C22H15ClN4O3S/c1-29-16-7-5-13(6-8-16)17-11-31-21-19(17)22(28)27(12-24-21)10-18-25-20(26-30-18)14-3-2-4-15(23)9-14/h2-9,11-12H,10H2,1H3. The highest BCUT2D eigenvalue weighted by atomic mass is 35.5. The zero-order valence-electron chi connectivity index (χ0n) is 16.3. The highest BCUT2D eigenvalue weighted by molar-refractivity contribution is 7.17. The number of nitrogens with zero attached hydrogens (tertiary/aromatic N) is 4. The largest absolute Gasteiger partial charge is 0.497 e. The maximum Gasteiger partial charge on any atom is 0.263 e. The molecule has 31 heavy (non-hydrogen) atoms. The van der Waals surface area contributed by atoms with Gasteiger partial charge in [0.15, 0.2) is 0 Å². The summed E-state index contributed by atoms with van der Waals surface area (Å²) in [6.45, 7) is 0.118. The fourth-order valence-corrected chi connectivity index (χ4v) is 4.37. The third kappa shape index (κ3) is 3.71. The third-order valence-corrected chi connectivity index (χ3v) is 5.94. The van der Waals surface area contributed by atoms with Crippen LogP contribution in [-0.2, 0) is 6.54 Å².